The highest BCUT2D eigenvalue weighted by Gasteiger charge is 2.96. The summed E-state index contributed by atoms with van der Waals surface area (Å²) < 4.78 is 12.4. The van der Waals surface area contributed by atoms with Gasteiger partial charge in [0.2, 0.25) is 0 Å². The number of rotatable bonds is 3. The number of hydrogen-bond donors (Lipinski definition) is 2. The molecule has 2 N–H and O–H groups in total. The van der Waals surface area contributed by atoms with Crippen molar-refractivity contribution in [3.05, 3.63) is 48.0 Å². The second-order valence-corrected chi connectivity index (χ2v) is 13.1. The van der Waals surface area contributed by atoms with Crippen molar-refractivity contribution in [1.29, 1.82) is 0 Å². The number of ether oxygens (including phenoxy) is 2. The number of carbonyl (C=O) groups excluding carboxylic acids is 2. The van der Waals surface area contributed by atoms with Crippen LogP contribution in [-0.4, -0.2) is 69.6 Å². The standard InChI is InChI=1S/C29H33NO6/c1-14-17-9-18-22-29-21-19(11-27(18,23(14)32)28(29,34)10-17)30(22)13-26(21,3)12-20(24(29)35-15(2)31)36-25(33)16-7-5-4-6-8-16/h4-8,17-24,32,34H,1,9-13H2,2-3H3. The summed E-state index contributed by atoms with van der Waals surface area (Å²) in [5.74, 6) is -0.596. The van der Waals surface area contributed by atoms with Crippen molar-refractivity contribution < 1.29 is 29.3 Å². The van der Waals surface area contributed by atoms with Gasteiger partial charge in [-0.05, 0) is 66.6 Å². The molecule has 1 aromatic carbocycles. The molecule has 3 heterocycles. The topological polar surface area (TPSA) is 96.3 Å². The van der Waals surface area contributed by atoms with E-state index < -0.39 is 46.7 Å². The Morgan fingerprint density at radius 3 is 2.61 bits per heavy atom. The predicted octanol–water partition coefficient (Wildman–Crippen LogP) is 2.31. The minimum absolute atomic E-state index is 0.00495. The number of benzene rings is 1. The molecule has 3 aliphatic heterocycles. The molecular formula is C29H33NO6. The fraction of sp³-hybridized carbons (Fsp3) is 0.655. The van der Waals surface area contributed by atoms with Crippen LogP contribution in [-0.2, 0) is 14.3 Å². The van der Waals surface area contributed by atoms with Gasteiger partial charge < -0.3 is 19.7 Å². The van der Waals surface area contributed by atoms with Crippen LogP contribution in [0.3, 0.4) is 0 Å². The number of aliphatic hydroxyl groups is 2. The number of fused-ring (bicyclic) bond motifs is 1. The maximum absolute atomic E-state index is 13.3. The normalized spacial score (nSPS) is 56.2. The van der Waals surface area contributed by atoms with E-state index in [2.05, 4.69) is 18.4 Å². The van der Waals surface area contributed by atoms with E-state index in [1.54, 1.807) is 24.3 Å². The molecule has 10 rings (SSSR count). The third-order valence-corrected chi connectivity index (χ3v) is 12.0. The highest BCUT2D eigenvalue weighted by molar-refractivity contribution is 5.89. The van der Waals surface area contributed by atoms with Crippen LogP contribution in [0.25, 0.3) is 0 Å². The second-order valence-electron chi connectivity index (χ2n) is 13.1. The number of carbonyl (C=O) groups is 2. The van der Waals surface area contributed by atoms with Crippen molar-refractivity contribution in [3.8, 4) is 0 Å². The Labute approximate surface area is 210 Å². The average Bonchev–Trinajstić information content (AvgIpc) is 3.24. The fourth-order valence-electron chi connectivity index (χ4n) is 11.6. The van der Waals surface area contributed by atoms with E-state index in [1.165, 1.54) is 6.92 Å². The zero-order valence-corrected chi connectivity index (χ0v) is 20.7. The number of piperidine rings is 2. The molecule has 0 aromatic heterocycles. The summed E-state index contributed by atoms with van der Waals surface area (Å²) in [5, 5.41) is 24.7. The van der Waals surface area contributed by atoms with E-state index in [1.807, 2.05) is 6.07 Å². The van der Waals surface area contributed by atoms with Crippen molar-refractivity contribution in [2.45, 2.75) is 75.5 Å². The third kappa shape index (κ3) is 1.97. The Morgan fingerprint density at radius 2 is 1.89 bits per heavy atom. The van der Waals surface area contributed by atoms with Crippen LogP contribution in [0.1, 0.15) is 49.9 Å². The number of hydrogen-bond acceptors (Lipinski definition) is 7. The highest BCUT2D eigenvalue weighted by atomic mass is 16.6. The molecule has 9 aliphatic rings. The van der Waals surface area contributed by atoms with Crippen LogP contribution < -0.4 is 0 Å². The van der Waals surface area contributed by atoms with Gasteiger partial charge >= 0.3 is 11.9 Å². The monoisotopic (exact) mass is 491 g/mol. The lowest BCUT2D eigenvalue weighted by molar-refractivity contribution is -0.304. The molecule has 13 unspecified atom stereocenters. The van der Waals surface area contributed by atoms with Crippen LogP contribution in [0.5, 0.6) is 0 Å². The molecule has 3 saturated heterocycles. The fourth-order valence-corrected chi connectivity index (χ4v) is 11.6. The smallest absolute Gasteiger partial charge is 0.338 e. The maximum atomic E-state index is 13.3. The minimum atomic E-state index is -1.21. The average molecular weight is 492 g/mol. The van der Waals surface area contributed by atoms with Crippen LogP contribution in [0.15, 0.2) is 42.5 Å². The molecule has 1 aromatic rings. The van der Waals surface area contributed by atoms with Gasteiger partial charge in [-0.15, -0.1) is 0 Å². The van der Waals surface area contributed by atoms with Crippen molar-refractivity contribution in [2.75, 3.05) is 6.54 Å². The Balaban J connectivity index is 1.32. The Kier molecular flexibility index (Phi) is 3.79. The summed E-state index contributed by atoms with van der Waals surface area (Å²) in [6, 6.07) is 9.12. The molecule has 6 saturated carbocycles. The van der Waals surface area contributed by atoms with Gasteiger partial charge in [0, 0.05) is 31.0 Å². The Morgan fingerprint density at radius 1 is 1.14 bits per heavy atom. The lowest BCUT2D eigenvalue weighted by atomic mass is 9.37. The Hall–Kier alpha value is -2.22. The maximum Gasteiger partial charge on any atom is 0.338 e. The quantitative estimate of drug-likeness (QED) is 0.495. The van der Waals surface area contributed by atoms with Gasteiger partial charge in [0.15, 0.2) is 0 Å². The molecule has 9 fully saturated rings. The predicted molar refractivity (Wildman–Crippen MR) is 127 cm³/mol. The van der Waals surface area contributed by atoms with Crippen LogP contribution in [0.2, 0.25) is 0 Å². The molecule has 190 valence electrons. The van der Waals surface area contributed by atoms with Crippen molar-refractivity contribution in [3.63, 3.8) is 0 Å². The second kappa shape index (κ2) is 6.25. The van der Waals surface area contributed by atoms with Crippen molar-refractivity contribution in [2.24, 2.45) is 34.0 Å². The van der Waals surface area contributed by atoms with E-state index >= 15 is 0 Å². The first kappa shape index (κ1) is 21.8. The number of aliphatic hydroxyl groups excluding tert-OH is 1. The van der Waals surface area contributed by atoms with E-state index in [0.717, 1.165) is 25.0 Å². The third-order valence-electron chi connectivity index (χ3n) is 12.0. The summed E-state index contributed by atoms with van der Waals surface area (Å²) in [5.41, 5.74) is -1.56. The highest BCUT2D eigenvalue weighted by Crippen LogP contribution is 2.88. The minimum Gasteiger partial charge on any atom is -0.458 e. The number of nitrogens with zero attached hydrogens (tertiary/aromatic N) is 1. The summed E-state index contributed by atoms with van der Waals surface area (Å²) >= 11 is 0. The SMILES string of the molecule is C=C1C2CC3C4N5CC6(C)CC(OC(=O)c7ccccc7)C(OC(C)=O)C47C6C5CC3(C1O)C7(O)C2. The van der Waals surface area contributed by atoms with Gasteiger partial charge in [0.1, 0.15) is 12.2 Å². The van der Waals surface area contributed by atoms with Gasteiger partial charge in [0.05, 0.1) is 22.7 Å². The molecular weight excluding hydrogens is 458 g/mol. The molecule has 13 atom stereocenters. The first-order valence-corrected chi connectivity index (χ1v) is 13.4. The van der Waals surface area contributed by atoms with Gasteiger partial charge in [-0.2, -0.15) is 0 Å². The van der Waals surface area contributed by atoms with E-state index in [0.29, 0.717) is 18.4 Å². The first-order chi connectivity index (χ1) is 17.1. The van der Waals surface area contributed by atoms with Crippen molar-refractivity contribution >= 4 is 11.9 Å². The summed E-state index contributed by atoms with van der Waals surface area (Å²) in [7, 11) is 0. The summed E-state index contributed by atoms with van der Waals surface area (Å²) in [6.07, 6.45) is 0.581. The van der Waals surface area contributed by atoms with Gasteiger partial charge in [0.25, 0.3) is 0 Å². The van der Waals surface area contributed by atoms with E-state index in [9.17, 15) is 19.8 Å². The van der Waals surface area contributed by atoms with Crippen LogP contribution >= 0.6 is 0 Å². The van der Waals surface area contributed by atoms with Crippen molar-refractivity contribution in [1.82, 2.24) is 4.90 Å². The molecule has 7 heteroatoms. The molecule has 7 nitrogen and oxygen atoms in total. The van der Waals surface area contributed by atoms with Gasteiger partial charge in [-0.3, -0.25) is 9.69 Å². The van der Waals surface area contributed by atoms with Crippen LogP contribution in [0, 0.1) is 34.0 Å². The first-order valence-electron chi connectivity index (χ1n) is 13.4. The summed E-state index contributed by atoms with van der Waals surface area (Å²) in [4.78, 5) is 28.5. The lowest BCUT2D eigenvalue weighted by Gasteiger charge is -2.69. The van der Waals surface area contributed by atoms with Gasteiger partial charge in [-0.25, -0.2) is 4.79 Å². The molecule has 0 amide bonds. The zero-order chi connectivity index (χ0) is 25.0. The largest absolute Gasteiger partial charge is 0.458 e. The molecule has 36 heavy (non-hydrogen) atoms. The molecule has 0 radical (unpaired) electrons. The lowest BCUT2D eigenvalue weighted by Crippen LogP contribution is -2.78. The number of esters is 2. The van der Waals surface area contributed by atoms with E-state index in [4.69, 9.17) is 9.47 Å². The van der Waals surface area contributed by atoms with Gasteiger partial charge in [-0.1, -0.05) is 31.7 Å². The molecule has 2 spiro atoms. The Bertz CT molecular complexity index is 1230. The van der Waals surface area contributed by atoms with E-state index in [-0.39, 0.29) is 35.3 Å². The summed E-state index contributed by atoms with van der Waals surface area (Å²) in [6.45, 7) is 8.79. The van der Waals surface area contributed by atoms with Crippen LogP contribution in [0.4, 0.5) is 0 Å². The zero-order valence-electron chi connectivity index (χ0n) is 20.7. The molecule has 6 aliphatic carbocycles. The molecule has 9 bridgehead atoms.